The summed E-state index contributed by atoms with van der Waals surface area (Å²) in [6.45, 7) is 10.5. The molecular formula is C20H37N3O2. The van der Waals surface area contributed by atoms with Gasteiger partial charge >= 0.3 is 0 Å². The van der Waals surface area contributed by atoms with E-state index in [-0.39, 0.29) is 23.8 Å². The molecule has 2 rings (SSSR count). The van der Waals surface area contributed by atoms with Crippen LogP contribution in [0.1, 0.15) is 65.7 Å². The van der Waals surface area contributed by atoms with E-state index in [4.69, 9.17) is 0 Å². The molecule has 0 aromatic heterocycles. The summed E-state index contributed by atoms with van der Waals surface area (Å²) in [5.41, 5.74) is 0. The summed E-state index contributed by atoms with van der Waals surface area (Å²) < 4.78 is 0. The van der Waals surface area contributed by atoms with Crippen LogP contribution in [-0.2, 0) is 9.59 Å². The smallest absolute Gasteiger partial charge is 0.245 e. The molecule has 2 fully saturated rings. The average molecular weight is 352 g/mol. The molecule has 1 aliphatic carbocycles. The Bertz CT molecular complexity index is 435. The van der Waals surface area contributed by atoms with E-state index >= 15 is 0 Å². The van der Waals surface area contributed by atoms with Gasteiger partial charge in [0.1, 0.15) is 6.04 Å². The minimum Gasteiger partial charge on any atom is -0.344 e. The molecule has 25 heavy (non-hydrogen) atoms. The summed E-state index contributed by atoms with van der Waals surface area (Å²) in [6.07, 6.45) is 8.84. The maximum Gasteiger partial charge on any atom is 0.245 e. The summed E-state index contributed by atoms with van der Waals surface area (Å²) in [5.74, 6) is 0.998. The number of rotatable bonds is 6. The van der Waals surface area contributed by atoms with Crippen molar-refractivity contribution in [3.05, 3.63) is 0 Å². The molecule has 1 saturated carbocycles. The van der Waals surface area contributed by atoms with Crippen LogP contribution in [0.25, 0.3) is 0 Å². The van der Waals surface area contributed by atoms with E-state index in [1.807, 2.05) is 11.8 Å². The largest absolute Gasteiger partial charge is 0.344 e. The van der Waals surface area contributed by atoms with E-state index < -0.39 is 0 Å². The van der Waals surface area contributed by atoms with Crippen molar-refractivity contribution in [2.45, 2.75) is 71.8 Å². The van der Waals surface area contributed by atoms with E-state index in [0.29, 0.717) is 0 Å². The second kappa shape index (κ2) is 10.1. The molecule has 5 heteroatoms. The van der Waals surface area contributed by atoms with Crippen LogP contribution in [-0.4, -0.2) is 60.4 Å². The quantitative estimate of drug-likeness (QED) is 0.800. The predicted octanol–water partition coefficient (Wildman–Crippen LogP) is 2.65. The number of nitrogens with zero attached hydrogens (tertiary/aromatic N) is 2. The molecule has 1 N–H and O–H groups in total. The predicted molar refractivity (Wildman–Crippen MR) is 101 cm³/mol. The van der Waals surface area contributed by atoms with Gasteiger partial charge in [-0.15, -0.1) is 0 Å². The molecule has 0 spiro atoms. The number of nitrogens with one attached hydrogen (secondary N) is 1. The second-order valence-corrected chi connectivity index (χ2v) is 8.05. The lowest BCUT2D eigenvalue weighted by molar-refractivity contribution is -0.137. The summed E-state index contributed by atoms with van der Waals surface area (Å²) in [7, 11) is 0. The van der Waals surface area contributed by atoms with Crippen LogP contribution >= 0.6 is 0 Å². The normalized spacial score (nSPS) is 22.9. The first kappa shape index (κ1) is 20.2. The monoisotopic (exact) mass is 351 g/mol. The standard InChI is InChI=1S/C20H37N3O2/c1-4-16(2)19(21-17(3)24)20(25)23-12-8-11-22(13-14-23)15-18-9-6-5-7-10-18/h16,18-19H,4-15H2,1-3H3,(H,21,24)/t16-,19-/m0/s1. The van der Waals surface area contributed by atoms with Crippen molar-refractivity contribution in [3.8, 4) is 0 Å². The van der Waals surface area contributed by atoms with E-state index in [2.05, 4.69) is 17.1 Å². The van der Waals surface area contributed by atoms with Gasteiger partial charge in [0, 0.05) is 33.1 Å². The molecule has 0 unspecified atom stereocenters. The summed E-state index contributed by atoms with van der Waals surface area (Å²) in [4.78, 5) is 29.0. The molecule has 1 aliphatic heterocycles. The Morgan fingerprint density at radius 2 is 1.76 bits per heavy atom. The van der Waals surface area contributed by atoms with Crippen LogP contribution in [0.15, 0.2) is 0 Å². The van der Waals surface area contributed by atoms with E-state index in [1.54, 1.807) is 0 Å². The lowest BCUT2D eigenvalue weighted by atomic mass is 9.89. The summed E-state index contributed by atoms with van der Waals surface area (Å²) in [5, 5.41) is 2.88. The fraction of sp³-hybridized carbons (Fsp3) is 0.900. The van der Waals surface area contributed by atoms with Gasteiger partial charge < -0.3 is 15.1 Å². The fourth-order valence-corrected chi connectivity index (χ4v) is 4.21. The van der Waals surface area contributed by atoms with Crippen molar-refractivity contribution >= 4 is 11.8 Å². The highest BCUT2D eigenvalue weighted by Crippen LogP contribution is 2.25. The van der Waals surface area contributed by atoms with Gasteiger partial charge in [0.15, 0.2) is 0 Å². The van der Waals surface area contributed by atoms with Crippen LogP contribution < -0.4 is 5.32 Å². The third kappa shape index (κ3) is 6.28. The molecular weight excluding hydrogens is 314 g/mol. The summed E-state index contributed by atoms with van der Waals surface area (Å²) in [6, 6.07) is -0.382. The number of hydrogen-bond acceptors (Lipinski definition) is 3. The average Bonchev–Trinajstić information content (AvgIpc) is 2.85. The van der Waals surface area contributed by atoms with Gasteiger partial charge in [0.25, 0.3) is 0 Å². The summed E-state index contributed by atoms with van der Waals surface area (Å²) >= 11 is 0. The molecule has 2 atom stereocenters. The Hall–Kier alpha value is -1.10. The first-order valence-corrected chi connectivity index (χ1v) is 10.3. The Kier molecular flexibility index (Phi) is 8.20. The van der Waals surface area contributed by atoms with Gasteiger partial charge in [-0.1, -0.05) is 39.5 Å². The molecule has 144 valence electrons. The van der Waals surface area contributed by atoms with E-state index in [1.165, 1.54) is 45.6 Å². The van der Waals surface area contributed by atoms with Crippen molar-refractivity contribution in [3.63, 3.8) is 0 Å². The Morgan fingerprint density at radius 1 is 1.04 bits per heavy atom. The van der Waals surface area contributed by atoms with Gasteiger partial charge in [0.05, 0.1) is 0 Å². The van der Waals surface area contributed by atoms with Crippen molar-refractivity contribution in [2.75, 3.05) is 32.7 Å². The Labute approximate surface area is 153 Å². The fourth-order valence-electron chi connectivity index (χ4n) is 4.21. The van der Waals surface area contributed by atoms with Crippen LogP contribution in [0.2, 0.25) is 0 Å². The van der Waals surface area contributed by atoms with Gasteiger partial charge in [0.2, 0.25) is 11.8 Å². The third-order valence-electron chi connectivity index (χ3n) is 5.98. The maximum atomic E-state index is 13.0. The van der Waals surface area contributed by atoms with Crippen LogP contribution in [0, 0.1) is 11.8 Å². The minimum absolute atomic E-state index is 0.101. The van der Waals surface area contributed by atoms with Crippen molar-refractivity contribution in [1.29, 1.82) is 0 Å². The second-order valence-electron chi connectivity index (χ2n) is 8.05. The number of amides is 2. The van der Waals surface area contributed by atoms with Crippen LogP contribution in [0.5, 0.6) is 0 Å². The molecule has 1 saturated heterocycles. The number of carbonyl (C=O) groups excluding carboxylic acids is 2. The molecule has 0 aromatic carbocycles. The Morgan fingerprint density at radius 3 is 2.40 bits per heavy atom. The molecule has 1 heterocycles. The van der Waals surface area contributed by atoms with E-state index in [9.17, 15) is 9.59 Å². The highest BCUT2D eigenvalue weighted by molar-refractivity contribution is 5.87. The highest BCUT2D eigenvalue weighted by Gasteiger charge is 2.30. The minimum atomic E-state index is -0.382. The first-order chi connectivity index (χ1) is 12.0. The maximum absolute atomic E-state index is 13.0. The van der Waals surface area contributed by atoms with Crippen molar-refractivity contribution in [2.24, 2.45) is 11.8 Å². The topological polar surface area (TPSA) is 52.7 Å². The lowest BCUT2D eigenvalue weighted by Crippen LogP contribution is -2.52. The molecule has 2 aliphatic rings. The molecule has 0 bridgehead atoms. The number of hydrogen-bond donors (Lipinski definition) is 1. The van der Waals surface area contributed by atoms with Crippen molar-refractivity contribution < 1.29 is 9.59 Å². The van der Waals surface area contributed by atoms with Crippen LogP contribution in [0.4, 0.5) is 0 Å². The zero-order valence-corrected chi connectivity index (χ0v) is 16.4. The van der Waals surface area contributed by atoms with Gasteiger partial charge in [-0.25, -0.2) is 0 Å². The molecule has 5 nitrogen and oxygen atoms in total. The lowest BCUT2D eigenvalue weighted by Gasteiger charge is -2.30. The molecule has 0 radical (unpaired) electrons. The zero-order chi connectivity index (χ0) is 18.2. The number of carbonyl (C=O) groups is 2. The van der Waals surface area contributed by atoms with Crippen molar-refractivity contribution in [1.82, 2.24) is 15.1 Å². The van der Waals surface area contributed by atoms with Gasteiger partial charge in [-0.3, -0.25) is 9.59 Å². The molecule has 0 aromatic rings. The van der Waals surface area contributed by atoms with E-state index in [0.717, 1.165) is 44.9 Å². The zero-order valence-electron chi connectivity index (χ0n) is 16.4. The third-order valence-corrected chi connectivity index (χ3v) is 5.98. The first-order valence-electron chi connectivity index (χ1n) is 10.3. The highest BCUT2D eigenvalue weighted by atomic mass is 16.2. The Balaban J connectivity index is 1.89. The van der Waals surface area contributed by atoms with Gasteiger partial charge in [-0.05, 0) is 37.6 Å². The SMILES string of the molecule is CC[C@H](C)[C@H](NC(C)=O)C(=O)N1CCCN(CC2CCCCC2)CC1. The van der Waals surface area contributed by atoms with Crippen LogP contribution in [0.3, 0.4) is 0 Å². The van der Waals surface area contributed by atoms with Gasteiger partial charge in [-0.2, -0.15) is 0 Å². The molecule has 2 amide bonds.